The first-order valence-corrected chi connectivity index (χ1v) is 12.6. The lowest BCUT2D eigenvalue weighted by molar-refractivity contribution is -0.122. The lowest BCUT2D eigenvalue weighted by atomic mass is 10.0. The number of benzene rings is 3. The first kappa shape index (κ1) is 27.5. The summed E-state index contributed by atoms with van der Waals surface area (Å²) >= 11 is 6.28. The Bertz CT molecular complexity index is 1450. The zero-order valence-electron chi connectivity index (χ0n) is 21.5. The SMILES string of the molecule is C=CCc1cc(/C=C2\C(=O)NC(=O)N(c3ccc(OCC)cc3)C2=O)cc(OC)c1OCc1ccccc1Cl. The second kappa shape index (κ2) is 12.3. The van der Waals surface area contributed by atoms with Crippen LogP contribution in [0.25, 0.3) is 6.08 Å². The minimum absolute atomic E-state index is 0.208. The van der Waals surface area contributed by atoms with E-state index in [-0.39, 0.29) is 12.2 Å². The summed E-state index contributed by atoms with van der Waals surface area (Å²) in [4.78, 5) is 39.5. The van der Waals surface area contributed by atoms with Gasteiger partial charge in [0.05, 0.1) is 19.4 Å². The summed E-state index contributed by atoms with van der Waals surface area (Å²) < 4.78 is 17.1. The van der Waals surface area contributed by atoms with E-state index in [2.05, 4.69) is 11.9 Å². The number of barbiturate groups is 1. The van der Waals surface area contributed by atoms with Crippen molar-refractivity contribution in [2.24, 2.45) is 0 Å². The van der Waals surface area contributed by atoms with Crippen LogP contribution in [0.2, 0.25) is 5.02 Å². The summed E-state index contributed by atoms with van der Waals surface area (Å²) in [6.07, 6.45) is 3.56. The van der Waals surface area contributed by atoms with E-state index in [0.717, 1.165) is 16.0 Å². The van der Waals surface area contributed by atoms with Crippen LogP contribution < -0.4 is 24.4 Å². The Balaban J connectivity index is 1.68. The number of amides is 4. The van der Waals surface area contributed by atoms with Gasteiger partial charge in [-0.25, -0.2) is 9.69 Å². The molecule has 0 aliphatic carbocycles. The van der Waals surface area contributed by atoms with Crippen molar-refractivity contribution in [1.29, 1.82) is 0 Å². The Labute approximate surface area is 231 Å². The zero-order valence-corrected chi connectivity index (χ0v) is 22.3. The lowest BCUT2D eigenvalue weighted by Gasteiger charge is -2.26. The van der Waals surface area contributed by atoms with E-state index in [4.69, 9.17) is 25.8 Å². The average Bonchev–Trinajstić information content (AvgIpc) is 2.92. The van der Waals surface area contributed by atoms with Crippen LogP contribution in [0.15, 0.2) is 78.9 Å². The monoisotopic (exact) mass is 546 g/mol. The first-order chi connectivity index (χ1) is 18.9. The van der Waals surface area contributed by atoms with Gasteiger partial charge in [-0.1, -0.05) is 35.9 Å². The van der Waals surface area contributed by atoms with E-state index in [0.29, 0.717) is 46.5 Å². The fourth-order valence-corrected chi connectivity index (χ4v) is 4.26. The molecule has 0 radical (unpaired) electrons. The third-order valence-electron chi connectivity index (χ3n) is 5.89. The summed E-state index contributed by atoms with van der Waals surface area (Å²) in [7, 11) is 1.50. The molecule has 3 aromatic rings. The number of allylic oxidation sites excluding steroid dienone is 1. The van der Waals surface area contributed by atoms with Crippen molar-refractivity contribution in [1.82, 2.24) is 5.32 Å². The number of hydrogen-bond donors (Lipinski definition) is 1. The number of rotatable bonds is 10. The molecule has 0 unspecified atom stereocenters. The number of anilines is 1. The molecule has 1 N–H and O–H groups in total. The highest BCUT2D eigenvalue weighted by molar-refractivity contribution is 6.39. The van der Waals surface area contributed by atoms with Crippen LogP contribution in [0.3, 0.4) is 0 Å². The third kappa shape index (κ3) is 6.13. The van der Waals surface area contributed by atoms with Crippen LogP contribution in [0.1, 0.15) is 23.6 Å². The van der Waals surface area contributed by atoms with Gasteiger partial charge in [0.1, 0.15) is 17.9 Å². The number of nitrogens with zero attached hydrogens (tertiary/aromatic N) is 1. The molecule has 1 fully saturated rings. The number of nitrogens with one attached hydrogen (secondary N) is 1. The number of carbonyl (C=O) groups is 3. The number of ether oxygens (including phenoxy) is 3. The Morgan fingerprint density at radius 2 is 1.74 bits per heavy atom. The second-order valence-corrected chi connectivity index (χ2v) is 8.88. The van der Waals surface area contributed by atoms with E-state index in [1.165, 1.54) is 13.2 Å². The van der Waals surface area contributed by atoms with Crippen LogP contribution in [0, 0.1) is 0 Å². The van der Waals surface area contributed by atoms with Crippen LogP contribution in [-0.4, -0.2) is 31.6 Å². The molecule has 4 rings (SSSR count). The minimum atomic E-state index is -0.834. The van der Waals surface area contributed by atoms with Gasteiger partial charge in [0.25, 0.3) is 11.8 Å². The molecule has 0 atom stereocenters. The normalized spacial score (nSPS) is 14.3. The number of imide groups is 2. The number of halogens is 1. The van der Waals surface area contributed by atoms with Crippen LogP contribution in [0.5, 0.6) is 17.2 Å². The smallest absolute Gasteiger partial charge is 0.335 e. The molecule has 0 aromatic heterocycles. The third-order valence-corrected chi connectivity index (χ3v) is 6.26. The van der Waals surface area contributed by atoms with Crippen molar-refractivity contribution in [2.45, 2.75) is 20.0 Å². The molecule has 8 nitrogen and oxygen atoms in total. The number of hydrogen-bond acceptors (Lipinski definition) is 6. The van der Waals surface area contributed by atoms with Crippen LogP contribution in [0.4, 0.5) is 10.5 Å². The quantitative estimate of drug-likeness (QED) is 0.198. The highest BCUT2D eigenvalue weighted by Gasteiger charge is 2.37. The molecular formula is C30H27ClN2O6. The van der Waals surface area contributed by atoms with Crippen molar-refractivity contribution in [2.75, 3.05) is 18.6 Å². The van der Waals surface area contributed by atoms with Gasteiger partial charge >= 0.3 is 6.03 Å². The van der Waals surface area contributed by atoms with Gasteiger partial charge in [-0.05, 0) is 67.4 Å². The molecule has 0 spiro atoms. The molecule has 1 aliphatic rings. The van der Waals surface area contributed by atoms with Gasteiger partial charge < -0.3 is 14.2 Å². The molecule has 0 saturated carbocycles. The summed E-state index contributed by atoms with van der Waals surface area (Å²) in [5, 5.41) is 2.82. The molecule has 0 bridgehead atoms. The van der Waals surface area contributed by atoms with Crippen molar-refractivity contribution >= 4 is 41.2 Å². The van der Waals surface area contributed by atoms with Crippen LogP contribution in [-0.2, 0) is 22.6 Å². The van der Waals surface area contributed by atoms with Crippen molar-refractivity contribution < 1.29 is 28.6 Å². The topological polar surface area (TPSA) is 94.2 Å². The summed E-state index contributed by atoms with van der Waals surface area (Å²) in [6, 6.07) is 16.4. The highest BCUT2D eigenvalue weighted by atomic mass is 35.5. The van der Waals surface area contributed by atoms with Gasteiger partial charge in [0, 0.05) is 16.1 Å². The van der Waals surface area contributed by atoms with Crippen molar-refractivity contribution in [3.05, 3.63) is 101 Å². The van der Waals surface area contributed by atoms with Gasteiger partial charge in [-0.15, -0.1) is 6.58 Å². The fraction of sp³-hybridized carbons (Fsp3) is 0.167. The van der Waals surface area contributed by atoms with Gasteiger partial charge in [-0.3, -0.25) is 14.9 Å². The molecule has 3 aromatic carbocycles. The standard InChI is InChI=1S/C30H27ClN2O6/c1-4-8-20-15-19(17-26(37-3)27(20)39-18-21-9-6-7-10-25(21)31)16-24-28(34)32-30(36)33(29(24)35)22-11-13-23(14-12-22)38-5-2/h4,6-7,9-17H,1,5,8,18H2,2-3H3,(H,32,34,36)/b24-16+. The summed E-state index contributed by atoms with van der Waals surface area (Å²) in [5.41, 5.74) is 2.13. The second-order valence-electron chi connectivity index (χ2n) is 8.47. The first-order valence-electron chi connectivity index (χ1n) is 12.2. The average molecular weight is 547 g/mol. The largest absolute Gasteiger partial charge is 0.494 e. The van der Waals surface area contributed by atoms with Gasteiger partial charge in [0.15, 0.2) is 11.5 Å². The van der Waals surface area contributed by atoms with Crippen LogP contribution >= 0.6 is 11.6 Å². The van der Waals surface area contributed by atoms with Crippen molar-refractivity contribution in [3.8, 4) is 17.2 Å². The molecule has 1 heterocycles. The predicted molar refractivity (Wildman–Crippen MR) is 149 cm³/mol. The van der Waals surface area contributed by atoms with Gasteiger partial charge in [-0.2, -0.15) is 0 Å². The summed E-state index contributed by atoms with van der Waals surface area (Å²) in [5.74, 6) is -0.0650. The zero-order chi connectivity index (χ0) is 27.9. The maximum atomic E-state index is 13.3. The van der Waals surface area contributed by atoms with E-state index in [1.807, 2.05) is 25.1 Å². The Morgan fingerprint density at radius 3 is 2.41 bits per heavy atom. The van der Waals surface area contributed by atoms with Crippen molar-refractivity contribution in [3.63, 3.8) is 0 Å². The number of carbonyl (C=O) groups excluding carboxylic acids is 3. The van der Waals surface area contributed by atoms with E-state index < -0.39 is 17.8 Å². The molecule has 9 heteroatoms. The Hall–Kier alpha value is -4.56. The van der Waals surface area contributed by atoms with E-state index in [9.17, 15) is 14.4 Å². The lowest BCUT2D eigenvalue weighted by Crippen LogP contribution is -2.54. The highest BCUT2D eigenvalue weighted by Crippen LogP contribution is 2.36. The maximum Gasteiger partial charge on any atom is 0.335 e. The number of urea groups is 1. The predicted octanol–water partition coefficient (Wildman–Crippen LogP) is 5.72. The molecule has 4 amide bonds. The fourth-order valence-electron chi connectivity index (χ4n) is 4.07. The Morgan fingerprint density at radius 1 is 1.00 bits per heavy atom. The maximum absolute atomic E-state index is 13.3. The minimum Gasteiger partial charge on any atom is -0.494 e. The van der Waals surface area contributed by atoms with E-state index in [1.54, 1.807) is 48.5 Å². The molecule has 1 saturated heterocycles. The van der Waals surface area contributed by atoms with Gasteiger partial charge in [0.2, 0.25) is 0 Å². The molecule has 39 heavy (non-hydrogen) atoms. The number of methoxy groups -OCH3 is 1. The molecule has 1 aliphatic heterocycles. The van der Waals surface area contributed by atoms with E-state index >= 15 is 0 Å². The molecular weight excluding hydrogens is 520 g/mol. The Kier molecular flexibility index (Phi) is 8.68. The summed E-state index contributed by atoms with van der Waals surface area (Å²) in [6.45, 7) is 6.36. The molecule has 200 valence electrons.